The predicted octanol–water partition coefficient (Wildman–Crippen LogP) is 7.26. The average molecular weight is 824 g/mol. The maximum Gasteiger partial charge on any atom is 0.408 e. The largest absolute Gasteiger partial charge is 0.465 e. The summed E-state index contributed by atoms with van der Waals surface area (Å²) in [4.78, 5) is 60.8. The molecule has 4 heterocycles. The molecule has 15 heteroatoms. The van der Waals surface area contributed by atoms with Crippen molar-refractivity contribution in [2.75, 3.05) is 25.5 Å². The molecule has 2 aromatic carbocycles. The van der Waals surface area contributed by atoms with Gasteiger partial charge in [-0.05, 0) is 103 Å². The van der Waals surface area contributed by atoms with Crippen molar-refractivity contribution in [3.05, 3.63) is 91.8 Å². The van der Waals surface area contributed by atoms with Gasteiger partial charge in [-0.15, -0.1) is 21.5 Å². The van der Waals surface area contributed by atoms with Crippen LogP contribution in [-0.2, 0) is 19.1 Å². The van der Waals surface area contributed by atoms with E-state index in [0.29, 0.717) is 60.9 Å². The molecule has 0 spiro atoms. The van der Waals surface area contributed by atoms with Gasteiger partial charge in [0.15, 0.2) is 5.82 Å². The highest BCUT2D eigenvalue weighted by Crippen LogP contribution is 2.40. The van der Waals surface area contributed by atoms with Crippen LogP contribution in [0.25, 0.3) is 5.00 Å². The molecule has 2 fully saturated rings. The van der Waals surface area contributed by atoms with Gasteiger partial charge in [-0.1, -0.05) is 35.6 Å². The second-order valence-corrected chi connectivity index (χ2v) is 17.6. The zero-order valence-electron chi connectivity index (χ0n) is 33.6. The third-order valence-electron chi connectivity index (χ3n) is 10.6. The number of aromatic nitrogens is 3. The number of esters is 1. The van der Waals surface area contributed by atoms with Gasteiger partial charge in [0.25, 0.3) is 0 Å². The Hall–Kier alpha value is -5.52. The molecule has 7 rings (SSSR count). The molecular weight excluding hydrogens is 778 g/mol. The van der Waals surface area contributed by atoms with Crippen LogP contribution in [0.15, 0.2) is 47.5 Å². The molecule has 13 nitrogen and oxygen atoms in total. The van der Waals surface area contributed by atoms with Gasteiger partial charge in [0.1, 0.15) is 28.0 Å². The van der Waals surface area contributed by atoms with Crippen molar-refractivity contribution in [1.29, 1.82) is 0 Å². The Labute approximate surface area is 346 Å². The molecule has 0 unspecified atom stereocenters. The van der Waals surface area contributed by atoms with Crippen LogP contribution in [0.3, 0.4) is 0 Å². The normalized spacial score (nSPS) is 17.1. The molecule has 58 heavy (non-hydrogen) atoms. The molecule has 0 radical (unpaired) electrons. The number of methoxy groups -OCH3 is 1. The second-order valence-electron chi connectivity index (χ2n) is 16.0. The number of alkyl carbamates (subject to hydrolysis) is 1. The number of carbonyl (C=O) groups excluding carboxylic acids is 4. The van der Waals surface area contributed by atoms with Gasteiger partial charge in [-0.25, -0.2) is 9.59 Å². The van der Waals surface area contributed by atoms with Crippen LogP contribution < -0.4 is 10.6 Å². The van der Waals surface area contributed by atoms with Crippen molar-refractivity contribution < 1.29 is 28.7 Å². The highest BCUT2D eigenvalue weighted by Gasteiger charge is 2.44. The van der Waals surface area contributed by atoms with Crippen LogP contribution in [0.2, 0.25) is 5.02 Å². The first kappa shape index (κ1) is 40.7. The number of rotatable bonds is 7. The zero-order valence-corrected chi connectivity index (χ0v) is 35.2. The summed E-state index contributed by atoms with van der Waals surface area (Å²) >= 11 is 7.92. The van der Waals surface area contributed by atoms with Crippen LogP contribution in [0, 0.1) is 38.5 Å². The molecule has 2 aromatic heterocycles. The van der Waals surface area contributed by atoms with Crippen LogP contribution in [-0.4, -0.2) is 80.6 Å². The highest BCUT2D eigenvalue weighted by molar-refractivity contribution is 7.15. The maximum absolute atomic E-state index is 14.0. The lowest BCUT2D eigenvalue weighted by molar-refractivity contribution is -0.134. The summed E-state index contributed by atoms with van der Waals surface area (Å²) in [6, 6.07) is 11.8. The lowest BCUT2D eigenvalue weighted by Crippen LogP contribution is -2.41. The molecule has 1 saturated carbocycles. The standard InChI is InChI=1S/C43H46ClN7O6S/c1-24-25(2)58-39-35(24)36(27-8-10-30(44)11-9-27)46-33(37-49-48-26(3)51(37)39)23-34(52)50-20-15-28(16-21-50)38(53)45-31-12-13-32(40(54)56-7)29(22-31)14-17-43(18-19-43)47-41(55)57-42(4,5)6/h8-13,22,28,33H,15-16,18-21,23H2,1-7H3,(H,45,53)(H,47,55)/t33-/m0/s1. The molecule has 0 bridgehead atoms. The minimum Gasteiger partial charge on any atom is -0.465 e. The van der Waals surface area contributed by atoms with E-state index in [0.717, 1.165) is 38.1 Å². The molecule has 1 saturated heterocycles. The number of hydrogen-bond acceptors (Lipinski definition) is 10. The molecule has 2 aliphatic heterocycles. The Balaban J connectivity index is 1.03. The summed E-state index contributed by atoms with van der Waals surface area (Å²) in [5.41, 5.74) is 3.43. The van der Waals surface area contributed by atoms with Crippen molar-refractivity contribution in [2.24, 2.45) is 10.9 Å². The van der Waals surface area contributed by atoms with Crippen molar-refractivity contribution in [1.82, 2.24) is 25.0 Å². The molecular formula is C43H46ClN7O6S. The zero-order chi connectivity index (χ0) is 41.5. The van der Waals surface area contributed by atoms with E-state index in [9.17, 15) is 19.2 Å². The number of carbonyl (C=O) groups is 4. The number of piperidine rings is 1. The molecule has 1 aliphatic carbocycles. The van der Waals surface area contributed by atoms with Crippen molar-refractivity contribution in [3.63, 3.8) is 0 Å². The summed E-state index contributed by atoms with van der Waals surface area (Å²) in [5, 5.41) is 16.4. The predicted molar refractivity (Wildman–Crippen MR) is 222 cm³/mol. The van der Waals surface area contributed by atoms with Gasteiger partial charge in [0.05, 0.1) is 24.8 Å². The Kier molecular flexibility index (Phi) is 11.2. The number of fused-ring (bicyclic) bond motifs is 3. The molecule has 1 atom stereocenters. The Morgan fingerprint density at radius 2 is 1.72 bits per heavy atom. The van der Waals surface area contributed by atoms with E-state index >= 15 is 0 Å². The molecule has 2 N–H and O–H groups in total. The fraction of sp³-hybridized carbons (Fsp3) is 0.419. The van der Waals surface area contributed by atoms with E-state index in [2.05, 4.69) is 46.5 Å². The SMILES string of the molecule is COC(=O)c1ccc(NC(=O)C2CCN(C(=O)C[C@@H]3N=C(c4ccc(Cl)cc4)c4c(sc(C)c4C)-n4c(C)nnc43)CC2)cc1C#CC1(NC(=O)OC(C)(C)C)CC1. The number of amides is 3. The number of likely N-dealkylation sites (tertiary alicyclic amines) is 1. The van der Waals surface area contributed by atoms with E-state index in [1.165, 1.54) is 7.11 Å². The summed E-state index contributed by atoms with van der Waals surface area (Å²) < 4.78 is 12.4. The number of hydrogen-bond donors (Lipinski definition) is 2. The highest BCUT2D eigenvalue weighted by atomic mass is 35.5. The quantitative estimate of drug-likeness (QED) is 0.146. The number of thiophene rings is 1. The van der Waals surface area contributed by atoms with Gasteiger partial charge in [-0.2, -0.15) is 0 Å². The number of nitrogens with zero attached hydrogens (tertiary/aromatic N) is 5. The third kappa shape index (κ3) is 8.66. The van der Waals surface area contributed by atoms with Crippen LogP contribution in [0.4, 0.5) is 10.5 Å². The molecule has 3 amide bonds. The fourth-order valence-electron chi connectivity index (χ4n) is 7.17. The number of aryl methyl sites for hydroxylation is 2. The fourth-order valence-corrected chi connectivity index (χ4v) is 8.51. The molecule has 3 aliphatic rings. The van der Waals surface area contributed by atoms with Gasteiger partial charge in [0.2, 0.25) is 11.8 Å². The van der Waals surface area contributed by atoms with E-state index < -0.39 is 29.2 Å². The maximum atomic E-state index is 14.0. The van der Waals surface area contributed by atoms with Gasteiger partial charge in [0, 0.05) is 51.3 Å². The number of halogens is 1. The Morgan fingerprint density at radius 3 is 2.38 bits per heavy atom. The number of ether oxygens (including phenoxy) is 2. The van der Waals surface area contributed by atoms with Crippen molar-refractivity contribution in [2.45, 2.75) is 90.8 Å². The Bertz CT molecular complexity index is 2390. The number of nitrogens with one attached hydrogen (secondary N) is 2. The second kappa shape index (κ2) is 16.0. The number of benzene rings is 2. The van der Waals surface area contributed by atoms with Gasteiger partial charge >= 0.3 is 12.1 Å². The van der Waals surface area contributed by atoms with Gasteiger partial charge in [-0.3, -0.25) is 19.1 Å². The van der Waals surface area contributed by atoms with E-state index in [1.807, 2.05) is 35.8 Å². The smallest absolute Gasteiger partial charge is 0.408 e. The summed E-state index contributed by atoms with van der Waals surface area (Å²) in [5.74, 6) is 6.29. The molecule has 4 aromatic rings. The van der Waals surface area contributed by atoms with Crippen LogP contribution in [0.5, 0.6) is 0 Å². The number of aliphatic imine (C=N–C) groups is 1. The van der Waals surface area contributed by atoms with Crippen molar-refractivity contribution in [3.8, 4) is 16.8 Å². The van der Waals surface area contributed by atoms with Crippen LogP contribution in [0.1, 0.15) is 108 Å². The van der Waals surface area contributed by atoms with Crippen LogP contribution >= 0.6 is 22.9 Å². The summed E-state index contributed by atoms with van der Waals surface area (Å²) in [7, 11) is 1.29. The van der Waals surface area contributed by atoms with Gasteiger partial charge < -0.3 is 25.0 Å². The first-order valence-electron chi connectivity index (χ1n) is 19.3. The van der Waals surface area contributed by atoms with E-state index in [1.54, 1.807) is 55.2 Å². The third-order valence-corrected chi connectivity index (χ3v) is 12.0. The first-order valence-corrected chi connectivity index (χ1v) is 20.5. The lowest BCUT2D eigenvalue weighted by Gasteiger charge is -2.32. The monoisotopic (exact) mass is 823 g/mol. The van der Waals surface area contributed by atoms with E-state index in [4.69, 9.17) is 26.1 Å². The van der Waals surface area contributed by atoms with E-state index in [-0.39, 0.29) is 29.7 Å². The lowest BCUT2D eigenvalue weighted by atomic mass is 9.95. The Morgan fingerprint density at radius 1 is 1.02 bits per heavy atom. The topological polar surface area (TPSA) is 157 Å². The summed E-state index contributed by atoms with van der Waals surface area (Å²) in [6.45, 7) is 12.2. The first-order chi connectivity index (χ1) is 27.5. The minimum atomic E-state index is -0.760. The number of anilines is 1. The van der Waals surface area contributed by atoms with Crippen molar-refractivity contribution >= 4 is 58.2 Å². The average Bonchev–Trinajstić information content (AvgIpc) is 3.77. The summed E-state index contributed by atoms with van der Waals surface area (Å²) in [6.07, 6.45) is 1.74. The minimum absolute atomic E-state index is 0.0790. The molecule has 302 valence electrons.